The molecule has 3 nitrogen and oxygen atoms in total. The van der Waals surface area contributed by atoms with Crippen LogP contribution in [-0.2, 0) is 30.7 Å². The van der Waals surface area contributed by atoms with Crippen molar-refractivity contribution in [2.24, 2.45) is 0 Å². The third-order valence-electron chi connectivity index (χ3n) is 6.14. The van der Waals surface area contributed by atoms with Crippen LogP contribution in [0.5, 0.6) is 0 Å². The molecule has 2 aliphatic heterocycles. The van der Waals surface area contributed by atoms with Crippen LogP contribution in [0, 0.1) is 21.3 Å². The molecule has 2 heterocycles. The molecule has 2 aromatic rings. The third kappa shape index (κ3) is 8.16. The van der Waals surface area contributed by atoms with Crippen molar-refractivity contribution in [3.05, 3.63) is 77.2 Å². The molecule has 0 saturated heterocycles. The minimum absolute atomic E-state index is 0. The summed E-state index contributed by atoms with van der Waals surface area (Å²) < 4.78 is 0. The average Bonchev–Trinajstić information content (AvgIpc) is 2.66. The van der Waals surface area contributed by atoms with E-state index in [1.165, 1.54) is 40.8 Å². The van der Waals surface area contributed by atoms with E-state index in [0.717, 1.165) is 26.1 Å². The minimum atomic E-state index is 0. The van der Waals surface area contributed by atoms with Crippen LogP contribution in [0.2, 0.25) is 0 Å². The van der Waals surface area contributed by atoms with Gasteiger partial charge < -0.3 is 29.3 Å². The number of halogens is 1. The molecule has 32 heavy (non-hydrogen) atoms. The quantitative estimate of drug-likeness (QED) is 0.400. The van der Waals surface area contributed by atoms with Gasteiger partial charge in [-0.3, -0.25) is 9.69 Å². The number of fused-ring (bicyclic) bond motifs is 2. The number of nitrogens with zero attached hydrogens (tertiary/aromatic N) is 2. The zero-order valence-electron chi connectivity index (χ0n) is 21.1. The second kappa shape index (κ2) is 13.1. The van der Waals surface area contributed by atoms with Gasteiger partial charge in [-0.1, -0.05) is 47.5 Å². The van der Waals surface area contributed by atoms with E-state index in [-0.39, 0.29) is 53.4 Å². The van der Waals surface area contributed by atoms with Crippen molar-refractivity contribution >= 4 is 29.0 Å². The molecule has 5 heteroatoms. The van der Waals surface area contributed by atoms with Gasteiger partial charge in [-0.15, -0.1) is 0 Å². The van der Waals surface area contributed by atoms with Crippen LogP contribution >= 0.6 is 0 Å². The average molecular weight is 512 g/mol. The van der Waals surface area contributed by atoms with E-state index in [4.69, 9.17) is 0 Å². The fraction of sp³-hybridized carbons (Fsp3) is 0.481. The number of carbonyl (C=O) groups is 1. The van der Waals surface area contributed by atoms with Gasteiger partial charge in [0.15, 0.2) is 0 Å². The summed E-state index contributed by atoms with van der Waals surface area (Å²) in [6, 6.07) is 13.3. The molecule has 0 unspecified atom stereocenters. The summed E-state index contributed by atoms with van der Waals surface area (Å²) in [5, 5.41) is 0. The molecule has 4 rings (SSSR count). The molecule has 0 aliphatic carbocycles. The monoisotopic (exact) mass is 510 g/mol. The van der Waals surface area contributed by atoms with E-state index >= 15 is 0 Å². The van der Waals surface area contributed by atoms with Crippen LogP contribution in [0.25, 0.3) is 0 Å². The van der Waals surface area contributed by atoms with Crippen molar-refractivity contribution in [1.29, 1.82) is 0 Å². The van der Waals surface area contributed by atoms with Gasteiger partial charge in [0.1, 0.15) is 0 Å². The third-order valence-corrected chi connectivity index (χ3v) is 6.14. The first-order valence-electron chi connectivity index (χ1n) is 10.8. The maximum atomic E-state index is 11.2. The topological polar surface area (TPSA) is 23.6 Å². The van der Waals surface area contributed by atoms with Crippen LogP contribution in [0.1, 0.15) is 61.1 Å². The van der Waals surface area contributed by atoms with Gasteiger partial charge in [0, 0.05) is 38.6 Å². The molecular weight excluding hydrogens is 473 g/mol. The second-order valence-corrected chi connectivity index (χ2v) is 9.58. The fourth-order valence-corrected chi connectivity index (χ4v) is 4.20. The van der Waals surface area contributed by atoms with Gasteiger partial charge >= 0.3 is 23.1 Å². The first kappa shape index (κ1) is 31.1. The van der Waals surface area contributed by atoms with Crippen molar-refractivity contribution in [2.75, 3.05) is 13.1 Å². The van der Waals surface area contributed by atoms with Gasteiger partial charge in [-0.2, -0.15) is 0 Å². The van der Waals surface area contributed by atoms with Crippen molar-refractivity contribution in [2.45, 2.75) is 73.0 Å². The van der Waals surface area contributed by atoms with E-state index in [1.54, 1.807) is 12.5 Å². The Balaban J connectivity index is 0.000000550. The molecule has 0 atom stereocenters. The minimum Gasteiger partial charge on any atom is -1.00 e. The normalized spacial score (nSPS) is 14.9. The number of hydrogen-bond acceptors (Lipinski definition) is 2. The van der Waals surface area contributed by atoms with E-state index in [2.05, 4.69) is 75.9 Å². The number of hydrogen-bond donors (Lipinski definition) is 0. The molecule has 0 bridgehead atoms. The zero-order chi connectivity index (χ0) is 21.2. The van der Waals surface area contributed by atoms with Crippen molar-refractivity contribution < 1.29 is 21.8 Å². The van der Waals surface area contributed by atoms with E-state index in [1.807, 2.05) is 4.90 Å². The van der Waals surface area contributed by atoms with Gasteiger partial charge in [-0.25, -0.2) is 0 Å². The van der Waals surface area contributed by atoms with Gasteiger partial charge in [-0.05, 0) is 69.7 Å². The Hall–Kier alpha value is -0.884. The van der Waals surface area contributed by atoms with E-state index < -0.39 is 0 Å². The Kier molecular flexibility index (Phi) is 12.8. The molecule has 2 aliphatic rings. The molecule has 0 saturated carbocycles. The Morgan fingerprint density at radius 2 is 1.28 bits per heavy atom. The maximum absolute atomic E-state index is 11.2. The first-order chi connectivity index (χ1) is 13.6. The molecule has 0 radical (unpaired) electrons. The molecule has 172 valence electrons. The number of rotatable bonds is 0. The largest absolute Gasteiger partial charge is 2.00 e. The molecule has 0 spiro atoms. The standard InChI is InChI=1S/C14H21N.C12H15NO.CH3.BrH.Mg/c1-11-5-6-13-10-15(14(2,3)4)8-7-12(13)9-11;1-9-3-4-12-8-13(10(2)14)6-5-11(12)7-9;;;/h5-6,9H,7-8,10H2,1-4H3;3-4,7H,5-6,8H2,1-2H3;1H3;1H;/q;;-1;;+2/p-1. The molecule has 0 N–H and O–H groups in total. The van der Waals surface area contributed by atoms with Gasteiger partial charge in [0.25, 0.3) is 0 Å². The summed E-state index contributed by atoms with van der Waals surface area (Å²) in [4.78, 5) is 15.7. The summed E-state index contributed by atoms with van der Waals surface area (Å²) in [5.74, 6) is 0.177. The van der Waals surface area contributed by atoms with Crippen molar-refractivity contribution in [3.8, 4) is 0 Å². The summed E-state index contributed by atoms with van der Waals surface area (Å²) in [7, 11) is 0. The van der Waals surface area contributed by atoms with Crippen molar-refractivity contribution in [3.63, 3.8) is 0 Å². The number of amides is 1. The Labute approximate surface area is 222 Å². The Morgan fingerprint density at radius 3 is 1.75 bits per heavy atom. The summed E-state index contributed by atoms with van der Waals surface area (Å²) in [6.45, 7) is 16.8. The predicted molar refractivity (Wildman–Crippen MR) is 133 cm³/mol. The van der Waals surface area contributed by atoms with E-state index in [0.29, 0.717) is 5.54 Å². The first-order valence-corrected chi connectivity index (χ1v) is 10.8. The van der Waals surface area contributed by atoms with E-state index in [9.17, 15) is 4.79 Å². The SMILES string of the molecule is CC(=O)N1CCc2cc(C)ccc2C1.Cc1ccc2c(c1)CCN(C(C)(C)C)C2.[Br-].[CH3-].[Mg+2]. The fourth-order valence-electron chi connectivity index (χ4n) is 4.20. The molecule has 0 aromatic heterocycles. The Morgan fingerprint density at radius 1 is 0.812 bits per heavy atom. The summed E-state index contributed by atoms with van der Waals surface area (Å²) >= 11 is 0. The van der Waals surface area contributed by atoms with Gasteiger partial charge in [0.05, 0.1) is 0 Å². The van der Waals surface area contributed by atoms with Crippen LogP contribution in [-0.4, -0.2) is 57.4 Å². The number of aryl methyl sites for hydroxylation is 2. The summed E-state index contributed by atoms with van der Waals surface area (Å²) in [5.41, 5.74) is 8.76. The van der Waals surface area contributed by atoms with Crippen LogP contribution in [0.4, 0.5) is 0 Å². The molecule has 2 aromatic carbocycles. The number of benzene rings is 2. The maximum Gasteiger partial charge on any atom is 2.00 e. The molecule has 1 amide bonds. The second-order valence-electron chi connectivity index (χ2n) is 9.58. The zero-order valence-corrected chi connectivity index (χ0v) is 24.1. The van der Waals surface area contributed by atoms with Crippen molar-refractivity contribution in [1.82, 2.24) is 9.80 Å². The Bertz CT molecular complexity index is 892. The molecule has 0 fully saturated rings. The predicted octanol–water partition coefficient (Wildman–Crippen LogP) is 2.12. The smallest absolute Gasteiger partial charge is 1.00 e. The number of carbonyl (C=O) groups excluding carboxylic acids is 1. The van der Waals surface area contributed by atoms with Crippen LogP contribution < -0.4 is 17.0 Å². The molecular formula is C27H39BrMgN2O. The van der Waals surface area contributed by atoms with Gasteiger partial charge in [0.2, 0.25) is 5.91 Å². The van der Waals surface area contributed by atoms with Crippen LogP contribution in [0.3, 0.4) is 0 Å². The summed E-state index contributed by atoms with van der Waals surface area (Å²) in [6.07, 6.45) is 2.20. The van der Waals surface area contributed by atoms with Crippen LogP contribution in [0.15, 0.2) is 36.4 Å².